The average Bonchev–Trinajstić information content (AvgIpc) is 2.63. The maximum Gasteiger partial charge on any atom is 0.338 e. The third kappa shape index (κ3) is 5.42. The number of nitrogens with one attached hydrogen (secondary N) is 1. The van der Waals surface area contributed by atoms with Gasteiger partial charge in [0.2, 0.25) is 10.0 Å². The Morgan fingerprint density at radius 1 is 1.15 bits per heavy atom. The van der Waals surface area contributed by atoms with Crippen molar-refractivity contribution in [3.63, 3.8) is 0 Å². The lowest BCUT2D eigenvalue weighted by atomic mass is 10.2. The molecule has 0 bridgehead atoms. The second kappa shape index (κ2) is 8.98. The summed E-state index contributed by atoms with van der Waals surface area (Å²) >= 11 is 5.87. The fourth-order valence-electron chi connectivity index (χ4n) is 1.97. The Balaban J connectivity index is 1.86. The van der Waals surface area contributed by atoms with Crippen LogP contribution in [-0.2, 0) is 14.8 Å². The van der Waals surface area contributed by atoms with Gasteiger partial charge in [0.25, 0.3) is 0 Å². The summed E-state index contributed by atoms with van der Waals surface area (Å²) in [5, 5.41) is 0.00333. The van der Waals surface area contributed by atoms with Crippen molar-refractivity contribution in [3.8, 4) is 5.75 Å². The van der Waals surface area contributed by atoms with E-state index in [0.29, 0.717) is 12.2 Å². The van der Waals surface area contributed by atoms with Crippen molar-refractivity contribution in [1.29, 1.82) is 0 Å². The van der Waals surface area contributed by atoms with Gasteiger partial charge >= 0.3 is 5.97 Å². The molecule has 2 aromatic rings. The third-order valence-corrected chi connectivity index (χ3v) is 5.23. The molecule has 0 heterocycles. The van der Waals surface area contributed by atoms with E-state index in [1.54, 1.807) is 0 Å². The molecular weight excluding hydrogens is 385 g/mol. The summed E-state index contributed by atoms with van der Waals surface area (Å²) in [6.07, 6.45) is 0.415. The minimum absolute atomic E-state index is 0.00333. The van der Waals surface area contributed by atoms with Gasteiger partial charge in [0.05, 0.1) is 23.8 Å². The predicted molar refractivity (Wildman–Crippen MR) is 94.5 cm³/mol. The van der Waals surface area contributed by atoms with E-state index in [1.807, 2.05) is 0 Å². The first-order valence-electron chi connectivity index (χ1n) is 7.62. The second-order valence-corrected chi connectivity index (χ2v) is 7.41. The van der Waals surface area contributed by atoms with Gasteiger partial charge in [-0.3, -0.25) is 0 Å². The number of hydrogen-bond acceptors (Lipinski definition) is 5. The van der Waals surface area contributed by atoms with Crippen LogP contribution in [0.1, 0.15) is 16.8 Å². The minimum atomic E-state index is -3.78. The lowest BCUT2D eigenvalue weighted by Crippen LogP contribution is -2.19. The Hall–Kier alpha value is -2.16. The maximum absolute atomic E-state index is 12.8. The number of rotatable bonds is 8. The summed E-state index contributed by atoms with van der Waals surface area (Å²) < 4.78 is 49.1. The molecular formula is C17H17ClFNO5S. The van der Waals surface area contributed by atoms with Crippen LogP contribution in [-0.4, -0.2) is 34.6 Å². The van der Waals surface area contributed by atoms with Crippen molar-refractivity contribution in [2.24, 2.45) is 0 Å². The summed E-state index contributed by atoms with van der Waals surface area (Å²) in [5.74, 6) is -0.512. The first-order valence-corrected chi connectivity index (χ1v) is 9.48. The molecule has 2 aromatic carbocycles. The third-order valence-electron chi connectivity index (χ3n) is 3.33. The van der Waals surface area contributed by atoms with Gasteiger partial charge in [0.15, 0.2) is 0 Å². The number of carbonyl (C=O) groups excluding carboxylic acids is 1. The van der Waals surface area contributed by atoms with Crippen molar-refractivity contribution in [1.82, 2.24) is 4.72 Å². The molecule has 0 amide bonds. The molecule has 0 aromatic heterocycles. The lowest BCUT2D eigenvalue weighted by Gasteiger charge is -2.09. The van der Waals surface area contributed by atoms with Gasteiger partial charge in [0.1, 0.15) is 16.5 Å². The number of carbonyl (C=O) groups is 1. The van der Waals surface area contributed by atoms with Crippen LogP contribution in [0.5, 0.6) is 5.75 Å². The van der Waals surface area contributed by atoms with Crippen LogP contribution in [0, 0.1) is 5.82 Å². The van der Waals surface area contributed by atoms with Crippen LogP contribution in [0.2, 0.25) is 5.02 Å². The molecule has 26 heavy (non-hydrogen) atoms. The lowest BCUT2D eigenvalue weighted by molar-refractivity contribution is 0.0485. The molecule has 0 aliphatic carbocycles. The highest BCUT2D eigenvalue weighted by Crippen LogP contribution is 2.22. The van der Waals surface area contributed by atoms with Crippen LogP contribution in [0.3, 0.4) is 0 Å². The van der Waals surface area contributed by atoms with E-state index < -0.39 is 16.0 Å². The summed E-state index contributed by atoms with van der Waals surface area (Å²) in [4.78, 5) is 11.8. The monoisotopic (exact) mass is 401 g/mol. The smallest absolute Gasteiger partial charge is 0.338 e. The fraction of sp³-hybridized carbons (Fsp3) is 0.235. The molecule has 0 saturated heterocycles. The van der Waals surface area contributed by atoms with Crippen LogP contribution in [0.4, 0.5) is 4.39 Å². The maximum atomic E-state index is 12.8. The SMILES string of the molecule is CNS(=O)(=O)c1cc(C(=O)OCCCOc2ccc(F)cc2)ccc1Cl. The average molecular weight is 402 g/mol. The molecule has 0 fully saturated rings. The van der Waals surface area contributed by atoms with Gasteiger partial charge in [-0.2, -0.15) is 0 Å². The second-order valence-electron chi connectivity index (χ2n) is 5.14. The topological polar surface area (TPSA) is 81.7 Å². The quantitative estimate of drug-likeness (QED) is 0.543. The number of esters is 1. The van der Waals surface area contributed by atoms with Crippen molar-refractivity contribution in [3.05, 3.63) is 58.9 Å². The van der Waals surface area contributed by atoms with Crippen molar-refractivity contribution >= 4 is 27.6 Å². The van der Waals surface area contributed by atoms with Gasteiger partial charge in [0, 0.05) is 6.42 Å². The molecule has 140 valence electrons. The molecule has 1 N–H and O–H groups in total. The summed E-state index contributed by atoms with van der Waals surface area (Å²) in [6, 6.07) is 9.43. The highest BCUT2D eigenvalue weighted by atomic mass is 35.5. The van der Waals surface area contributed by atoms with Crippen LogP contribution in [0.15, 0.2) is 47.4 Å². The summed E-state index contributed by atoms with van der Waals surface area (Å²) in [5.41, 5.74) is 0.0719. The van der Waals surface area contributed by atoms with E-state index in [4.69, 9.17) is 21.1 Å². The first kappa shape index (κ1) is 20.2. The summed E-state index contributed by atoms with van der Waals surface area (Å²) in [6.45, 7) is 0.357. The van der Waals surface area contributed by atoms with E-state index in [2.05, 4.69) is 4.72 Å². The fourth-order valence-corrected chi connectivity index (χ4v) is 3.22. The molecule has 0 atom stereocenters. The van der Waals surface area contributed by atoms with E-state index >= 15 is 0 Å². The van der Waals surface area contributed by atoms with E-state index in [9.17, 15) is 17.6 Å². The van der Waals surface area contributed by atoms with Crippen LogP contribution >= 0.6 is 11.6 Å². The summed E-state index contributed by atoms with van der Waals surface area (Å²) in [7, 11) is -2.54. The Labute approximate surface area is 155 Å². The molecule has 0 radical (unpaired) electrons. The molecule has 0 spiro atoms. The molecule has 0 aliphatic rings. The van der Waals surface area contributed by atoms with Gasteiger partial charge in [-0.05, 0) is 49.5 Å². The zero-order valence-electron chi connectivity index (χ0n) is 13.9. The van der Waals surface area contributed by atoms with Crippen LogP contribution < -0.4 is 9.46 Å². The Morgan fingerprint density at radius 3 is 2.50 bits per heavy atom. The normalized spacial score (nSPS) is 11.2. The molecule has 0 unspecified atom stereocenters. The van der Waals surface area contributed by atoms with Gasteiger partial charge < -0.3 is 9.47 Å². The molecule has 2 rings (SSSR count). The highest BCUT2D eigenvalue weighted by Gasteiger charge is 2.19. The van der Waals surface area contributed by atoms with E-state index in [0.717, 1.165) is 6.07 Å². The highest BCUT2D eigenvalue weighted by molar-refractivity contribution is 7.89. The van der Waals surface area contributed by atoms with Gasteiger partial charge in [-0.15, -0.1) is 0 Å². The number of ether oxygens (including phenoxy) is 2. The Kier molecular flexibility index (Phi) is 6.96. The van der Waals surface area contributed by atoms with Crippen molar-refractivity contribution in [2.45, 2.75) is 11.3 Å². The van der Waals surface area contributed by atoms with Crippen molar-refractivity contribution < 1.29 is 27.1 Å². The number of benzene rings is 2. The number of sulfonamides is 1. The van der Waals surface area contributed by atoms with Gasteiger partial charge in [-0.25, -0.2) is 22.3 Å². The van der Waals surface area contributed by atoms with E-state index in [-0.39, 0.29) is 34.5 Å². The Bertz CT molecular complexity index is 871. The number of halogens is 2. The van der Waals surface area contributed by atoms with Crippen LogP contribution in [0.25, 0.3) is 0 Å². The minimum Gasteiger partial charge on any atom is -0.493 e. The predicted octanol–water partition coefficient (Wildman–Crippen LogP) is 3.01. The van der Waals surface area contributed by atoms with E-state index in [1.165, 1.54) is 43.4 Å². The largest absolute Gasteiger partial charge is 0.493 e. The standard InChI is InChI=1S/C17H17ClFNO5S/c1-20-26(22,23)16-11-12(3-8-15(16)18)17(21)25-10-2-9-24-14-6-4-13(19)5-7-14/h3-8,11,20H,2,9-10H2,1H3. The molecule has 0 saturated carbocycles. The first-order chi connectivity index (χ1) is 12.3. The number of hydrogen-bond donors (Lipinski definition) is 1. The van der Waals surface area contributed by atoms with Gasteiger partial charge in [-0.1, -0.05) is 11.6 Å². The Morgan fingerprint density at radius 2 is 1.85 bits per heavy atom. The van der Waals surface area contributed by atoms with Crippen molar-refractivity contribution in [2.75, 3.05) is 20.3 Å². The molecule has 6 nitrogen and oxygen atoms in total. The zero-order valence-corrected chi connectivity index (χ0v) is 15.4. The molecule has 9 heteroatoms. The zero-order chi connectivity index (χ0) is 19.2. The molecule has 0 aliphatic heterocycles.